The summed E-state index contributed by atoms with van der Waals surface area (Å²) >= 11 is 0. The number of aryl methyl sites for hydroxylation is 2. The molecule has 1 heterocycles. The van der Waals surface area contributed by atoms with E-state index in [1.165, 1.54) is 0 Å². The topological polar surface area (TPSA) is 34.9 Å². The standard InChI is InChI=1S/C13H14N2O/c1-11-10-13(8-5-9-16)15(14-11)12-6-3-2-4-7-12/h2-4,6-7,9-10H,5,8H2,1H3. The van der Waals surface area contributed by atoms with Crippen molar-refractivity contribution in [1.82, 2.24) is 9.78 Å². The fourth-order valence-corrected chi connectivity index (χ4v) is 1.73. The van der Waals surface area contributed by atoms with Gasteiger partial charge in [0.05, 0.1) is 11.4 Å². The van der Waals surface area contributed by atoms with E-state index >= 15 is 0 Å². The maximum absolute atomic E-state index is 10.4. The molecule has 0 spiro atoms. The fourth-order valence-electron chi connectivity index (χ4n) is 1.73. The molecule has 0 atom stereocenters. The number of hydrogen-bond acceptors (Lipinski definition) is 2. The molecule has 0 fully saturated rings. The van der Waals surface area contributed by atoms with Crippen LogP contribution in [0, 0.1) is 6.92 Å². The lowest BCUT2D eigenvalue weighted by atomic mass is 10.2. The second-order valence-electron chi connectivity index (χ2n) is 3.73. The Morgan fingerprint density at radius 2 is 2.06 bits per heavy atom. The molecule has 0 saturated carbocycles. The number of aromatic nitrogens is 2. The number of para-hydroxylation sites is 1. The summed E-state index contributed by atoms with van der Waals surface area (Å²) in [5.41, 5.74) is 3.09. The van der Waals surface area contributed by atoms with E-state index in [0.29, 0.717) is 6.42 Å². The summed E-state index contributed by atoms with van der Waals surface area (Å²) in [6.07, 6.45) is 2.22. The molecule has 0 aliphatic rings. The van der Waals surface area contributed by atoms with Crippen LogP contribution in [0.4, 0.5) is 0 Å². The van der Waals surface area contributed by atoms with Crippen LogP contribution in [0.2, 0.25) is 0 Å². The quantitative estimate of drug-likeness (QED) is 0.732. The molecule has 1 aromatic carbocycles. The van der Waals surface area contributed by atoms with Crippen LogP contribution >= 0.6 is 0 Å². The Bertz CT molecular complexity index is 474. The monoisotopic (exact) mass is 214 g/mol. The first-order valence-corrected chi connectivity index (χ1v) is 5.36. The fraction of sp³-hybridized carbons (Fsp3) is 0.231. The average molecular weight is 214 g/mol. The van der Waals surface area contributed by atoms with Gasteiger partial charge in [0.25, 0.3) is 0 Å². The van der Waals surface area contributed by atoms with E-state index in [1.54, 1.807) is 0 Å². The summed E-state index contributed by atoms with van der Waals surface area (Å²) in [6, 6.07) is 12.0. The Kier molecular flexibility index (Phi) is 3.15. The van der Waals surface area contributed by atoms with Gasteiger partial charge in [0, 0.05) is 12.1 Å². The minimum Gasteiger partial charge on any atom is -0.303 e. The molecule has 0 N–H and O–H groups in total. The van der Waals surface area contributed by atoms with Gasteiger partial charge in [-0.3, -0.25) is 0 Å². The molecular formula is C13H14N2O. The highest BCUT2D eigenvalue weighted by atomic mass is 16.1. The third kappa shape index (κ3) is 2.19. The van der Waals surface area contributed by atoms with Crippen LogP contribution < -0.4 is 0 Å². The predicted octanol–water partition coefficient (Wildman–Crippen LogP) is 2.31. The van der Waals surface area contributed by atoms with Crippen molar-refractivity contribution in [1.29, 1.82) is 0 Å². The number of rotatable bonds is 4. The number of aldehydes is 1. The molecule has 82 valence electrons. The van der Waals surface area contributed by atoms with E-state index in [1.807, 2.05) is 48.0 Å². The Balaban J connectivity index is 2.36. The largest absolute Gasteiger partial charge is 0.303 e. The minimum absolute atomic E-state index is 0.540. The Morgan fingerprint density at radius 3 is 2.75 bits per heavy atom. The van der Waals surface area contributed by atoms with Gasteiger partial charge in [0.15, 0.2) is 0 Å². The molecule has 0 unspecified atom stereocenters. The highest BCUT2D eigenvalue weighted by Crippen LogP contribution is 2.13. The molecule has 0 bridgehead atoms. The van der Waals surface area contributed by atoms with E-state index in [4.69, 9.17) is 0 Å². The zero-order chi connectivity index (χ0) is 11.4. The van der Waals surface area contributed by atoms with E-state index in [0.717, 1.165) is 29.8 Å². The van der Waals surface area contributed by atoms with Gasteiger partial charge in [-0.2, -0.15) is 5.10 Å². The van der Waals surface area contributed by atoms with Crippen LogP contribution in [-0.4, -0.2) is 16.1 Å². The Hall–Kier alpha value is -1.90. The summed E-state index contributed by atoms with van der Waals surface area (Å²) in [6.45, 7) is 1.96. The summed E-state index contributed by atoms with van der Waals surface area (Å²) in [7, 11) is 0. The van der Waals surface area contributed by atoms with Crippen molar-refractivity contribution >= 4 is 6.29 Å². The van der Waals surface area contributed by atoms with Crippen LogP contribution in [0.5, 0.6) is 0 Å². The molecule has 2 rings (SSSR count). The summed E-state index contributed by atoms with van der Waals surface area (Å²) in [5.74, 6) is 0. The second-order valence-corrected chi connectivity index (χ2v) is 3.73. The molecule has 0 aliphatic heterocycles. The number of hydrogen-bond donors (Lipinski definition) is 0. The van der Waals surface area contributed by atoms with E-state index < -0.39 is 0 Å². The predicted molar refractivity (Wildman–Crippen MR) is 62.7 cm³/mol. The highest BCUT2D eigenvalue weighted by Gasteiger charge is 2.06. The van der Waals surface area contributed by atoms with Crippen molar-refractivity contribution < 1.29 is 4.79 Å². The first-order chi connectivity index (χ1) is 7.81. The lowest BCUT2D eigenvalue weighted by Crippen LogP contribution is -2.02. The third-order valence-electron chi connectivity index (χ3n) is 2.42. The molecule has 0 radical (unpaired) electrons. The highest BCUT2D eigenvalue weighted by molar-refractivity contribution is 5.50. The lowest BCUT2D eigenvalue weighted by Gasteiger charge is -2.05. The molecule has 0 amide bonds. The molecule has 2 aromatic rings. The van der Waals surface area contributed by atoms with Crippen molar-refractivity contribution in [3.05, 3.63) is 47.8 Å². The van der Waals surface area contributed by atoms with Crippen molar-refractivity contribution in [2.75, 3.05) is 0 Å². The van der Waals surface area contributed by atoms with Crippen molar-refractivity contribution in [2.45, 2.75) is 19.8 Å². The normalized spacial score (nSPS) is 10.3. The molecule has 0 saturated heterocycles. The molecule has 0 aliphatic carbocycles. The zero-order valence-corrected chi connectivity index (χ0v) is 9.26. The smallest absolute Gasteiger partial charge is 0.120 e. The third-order valence-corrected chi connectivity index (χ3v) is 2.42. The first-order valence-electron chi connectivity index (χ1n) is 5.36. The van der Waals surface area contributed by atoms with Gasteiger partial charge in [0.1, 0.15) is 6.29 Å². The van der Waals surface area contributed by atoms with Gasteiger partial charge >= 0.3 is 0 Å². The van der Waals surface area contributed by atoms with Crippen molar-refractivity contribution in [3.8, 4) is 5.69 Å². The van der Waals surface area contributed by atoms with Gasteiger partial charge in [-0.25, -0.2) is 4.68 Å². The van der Waals surface area contributed by atoms with Gasteiger partial charge in [-0.05, 0) is 31.5 Å². The molecular weight excluding hydrogens is 200 g/mol. The molecule has 16 heavy (non-hydrogen) atoms. The number of benzene rings is 1. The van der Waals surface area contributed by atoms with Crippen LogP contribution in [0.1, 0.15) is 17.8 Å². The van der Waals surface area contributed by atoms with Gasteiger partial charge < -0.3 is 4.79 Å². The Morgan fingerprint density at radius 1 is 1.31 bits per heavy atom. The van der Waals surface area contributed by atoms with Gasteiger partial charge in [-0.1, -0.05) is 18.2 Å². The number of carbonyl (C=O) groups is 1. The van der Waals surface area contributed by atoms with E-state index in [-0.39, 0.29) is 0 Å². The first kappa shape index (κ1) is 10.6. The van der Waals surface area contributed by atoms with Crippen molar-refractivity contribution in [2.24, 2.45) is 0 Å². The minimum atomic E-state index is 0.540. The maximum Gasteiger partial charge on any atom is 0.120 e. The van der Waals surface area contributed by atoms with E-state index in [2.05, 4.69) is 5.10 Å². The van der Waals surface area contributed by atoms with Gasteiger partial charge in [-0.15, -0.1) is 0 Å². The number of nitrogens with zero attached hydrogens (tertiary/aromatic N) is 2. The summed E-state index contributed by atoms with van der Waals surface area (Å²) < 4.78 is 1.90. The lowest BCUT2D eigenvalue weighted by molar-refractivity contribution is -0.107. The zero-order valence-electron chi connectivity index (χ0n) is 9.26. The van der Waals surface area contributed by atoms with Crippen LogP contribution in [0.15, 0.2) is 36.4 Å². The van der Waals surface area contributed by atoms with Crippen molar-refractivity contribution in [3.63, 3.8) is 0 Å². The van der Waals surface area contributed by atoms with E-state index in [9.17, 15) is 4.79 Å². The second kappa shape index (κ2) is 4.75. The average Bonchev–Trinajstić information content (AvgIpc) is 2.69. The molecule has 3 heteroatoms. The molecule has 3 nitrogen and oxygen atoms in total. The Labute approximate surface area is 94.7 Å². The maximum atomic E-state index is 10.4. The summed E-state index contributed by atoms with van der Waals surface area (Å²) in [4.78, 5) is 10.4. The number of carbonyl (C=O) groups excluding carboxylic acids is 1. The van der Waals surface area contributed by atoms with Crippen LogP contribution in [-0.2, 0) is 11.2 Å². The summed E-state index contributed by atoms with van der Waals surface area (Å²) in [5, 5.41) is 4.43. The van der Waals surface area contributed by atoms with Gasteiger partial charge in [0.2, 0.25) is 0 Å². The molecule has 1 aromatic heterocycles. The SMILES string of the molecule is Cc1cc(CCC=O)n(-c2ccccc2)n1. The van der Waals surface area contributed by atoms with Crippen LogP contribution in [0.25, 0.3) is 5.69 Å². The van der Waals surface area contributed by atoms with Crippen LogP contribution in [0.3, 0.4) is 0 Å².